The van der Waals surface area contributed by atoms with E-state index in [0.717, 1.165) is 22.6 Å². The molecule has 2 aromatic rings. The smallest absolute Gasteiger partial charge is 0.249 e. The quantitative estimate of drug-likeness (QED) is 0.877. The maximum Gasteiger partial charge on any atom is 0.249 e. The predicted molar refractivity (Wildman–Crippen MR) is 80.1 cm³/mol. The largest absolute Gasteiger partial charge is 0.384 e. The molecule has 1 amide bonds. The van der Waals surface area contributed by atoms with Crippen LogP contribution in [0, 0.1) is 19.8 Å². The Balaban J connectivity index is 1.70. The summed E-state index contributed by atoms with van der Waals surface area (Å²) >= 11 is 0. The molecule has 0 aliphatic carbocycles. The van der Waals surface area contributed by atoms with E-state index in [1.807, 2.05) is 38.1 Å². The second kappa shape index (κ2) is 5.47. The van der Waals surface area contributed by atoms with Crippen LogP contribution in [0.1, 0.15) is 17.0 Å². The summed E-state index contributed by atoms with van der Waals surface area (Å²) in [5.74, 6) is 0.0501. The monoisotopic (exact) mass is 283 g/mol. The van der Waals surface area contributed by atoms with Crippen LogP contribution in [-0.2, 0) is 11.2 Å². The third kappa shape index (κ3) is 2.84. The summed E-state index contributed by atoms with van der Waals surface area (Å²) in [5, 5.41) is 13.9. The molecule has 0 spiro atoms. The molecule has 108 valence electrons. The Bertz CT molecular complexity index is 686. The minimum Gasteiger partial charge on any atom is -0.384 e. The summed E-state index contributed by atoms with van der Waals surface area (Å²) in [6.07, 6.45) is 0.716. The lowest BCUT2D eigenvalue weighted by Gasteiger charge is -2.25. The van der Waals surface area contributed by atoms with Gasteiger partial charge in [-0.25, -0.2) is 4.98 Å². The van der Waals surface area contributed by atoms with Crippen LogP contribution in [0.5, 0.6) is 0 Å². The van der Waals surface area contributed by atoms with E-state index in [-0.39, 0.29) is 17.8 Å². The van der Waals surface area contributed by atoms with E-state index in [9.17, 15) is 4.79 Å². The lowest BCUT2D eigenvalue weighted by Crippen LogP contribution is -2.34. The molecule has 0 radical (unpaired) electrons. The Hall–Kier alpha value is -2.50. The molecule has 2 N–H and O–H groups in total. The molecular weight excluding hydrogens is 266 g/mol. The van der Waals surface area contributed by atoms with Gasteiger partial charge in [-0.15, -0.1) is 5.10 Å². The number of amides is 1. The third-order valence-electron chi connectivity index (χ3n) is 3.72. The van der Waals surface area contributed by atoms with E-state index in [0.29, 0.717) is 13.0 Å². The number of rotatable bonds is 2. The van der Waals surface area contributed by atoms with Gasteiger partial charge in [0.15, 0.2) is 0 Å². The van der Waals surface area contributed by atoms with E-state index >= 15 is 0 Å². The maximum atomic E-state index is 12.3. The van der Waals surface area contributed by atoms with Crippen molar-refractivity contribution in [2.45, 2.75) is 20.3 Å². The summed E-state index contributed by atoms with van der Waals surface area (Å²) in [4.78, 5) is 16.5. The zero-order valence-electron chi connectivity index (χ0n) is 12.1. The van der Waals surface area contributed by atoms with Crippen molar-refractivity contribution in [2.75, 3.05) is 17.2 Å². The van der Waals surface area contributed by atoms with Crippen molar-refractivity contribution in [1.82, 2.24) is 15.2 Å². The summed E-state index contributed by atoms with van der Waals surface area (Å²) in [6.45, 7) is 4.29. The maximum absolute atomic E-state index is 12.3. The number of anilines is 2. The number of aromatic nitrogens is 3. The van der Waals surface area contributed by atoms with Crippen LogP contribution in [0.25, 0.3) is 0 Å². The Morgan fingerprint density at radius 2 is 2.05 bits per heavy atom. The van der Waals surface area contributed by atoms with Crippen molar-refractivity contribution in [3.05, 3.63) is 41.2 Å². The number of nitrogens with zero attached hydrogens (tertiary/aromatic N) is 3. The van der Waals surface area contributed by atoms with Crippen molar-refractivity contribution in [1.29, 1.82) is 0 Å². The van der Waals surface area contributed by atoms with Crippen molar-refractivity contribution in [3.8, 4) is 0 Å². The van der Waals surface area contributed by atoms with E-state index in [1.165, 1.54) is 0 Å². The molecule has 1 aliphatic rings. The molecule has 21 heavy (non-hydrogen) atoms. The fourth-order valence-corrected chi connectivity index (χ4v) is 2.35. The van der Waals surface area contributed by atoms with Gasteiger partial charge in [-0.2, -0.15) is 5.10 Å². The van der Waals surface area contributed by atoms with Crippen LogP contribution < -0.4 is 10.6 Å². The van der Waals surface area contributed by atoms with Gasteiger partial charge in [0.1, 0.15) is 0 Å². The van der Waals surface area contributed by atoms with Gasteiger partial charge >= 0.3 is 0 Å². The Morgan fingerprint density at radius 1 is 1.24 bits per heavy atom. The average Bonchev–Trinajstić information content (AvgIpc) is 2.50. The molecule has 1 aromatic heterocycles. The molecule has 0 bridgehead atoms. The average molecular weight is 283 g/mol. The first kappa shape index (κ1) is 13.5. The Kier molecular flexibility index (Phi) is 3.51. The van der Waals surface area contributed by atoms with Gasteiger partial charge in [-0.1, -0.05) is 18.2 Å². The highest BCUT2D eigenvalue weighted by Crippen LogP contribution is 2.24. The Labute approximate surface area is 123 Å². The number of hydrogen-bond acceptors (Lipinski definition) is 5. The summed E-state index contributed by atoms with van der Waals surface area (Å²) in [7, 11) is 0. The van der Waals surface area contributed by atoms with Crippen LogP contribution in [0.15, 0.2) is 24.3 Å². The van der Waals surface area contributed by atoms with E-state index in [2.05, 4.69) is 25.8 Å². The molecule has 6 nitrogen and oxygen atoms in total. The molecule has 3 rings (SSSR count). The second-order valence-corrected chi connectivity index (χ2v) is 5.23. The first-order valence-electron chi connectivity index (χ1n) is 6.94. The Morgan fingerprint density at radius 3 is 2.86 bits per heavy atom. The number of carbonyl (C=O) groups is 1. The molecular formula is C15H17N5O. The van der Waals surface area contributed by atoms with Gasteiger partial charge < -0.3 is 5.32 Å². The molecule has 1 aromatic carbocycles. The van der Waals surface area contributed by atoms with Crippen LogP contribution >= 0.6 is 0 Å². The zero-order valence-corrected chi connectivity index (χ0v) is 12.1. The first-order valence-corrected chi connectivity index (χ1v) is 6.94. The van der Waals surface area contributed by atoms with Crippen LogP contribution in [-0.4, -0.2) is 27.6 Å². The van der Waals surface area contributed by atoms with Gasteiger partial charge in [0.2, 0.25) is 11.9 Å². The number of para-hydroxylation sites is 1. The van der Waals surface area contributed by atoms with Crippen LogP contribution in [0.4, 0.5) is 11.6 Å². The molecule has 6 heteroatoms. The summed E-state index contributed by atoms with van der Waals surface area (Å²) in [6, 6.07) is 8.04. The topological polar surface area (TPSA) is 79.8 Å². The van der Waals surface area contributed by atoms with Gasteiger partial charge in [0, 0.05) is 12.2 Å². The minimum absolute atomic E-state index is 0.0814. The van der Waals surface area contributed by atoms with Gasteiger partial charge in [0.25, 0.3) is 0 Å². The standard InChI is InChI=1S/C15H17N5O/c1-9-10(2)19-20-15(17-9)18-14(21)12-7-11-5-3-4-6-13(11)16-8-12/h3-6,12,16H,7-8H2,1-2H3,(H,17,18,20,21). The molecule has 1 aliphatic heterocycles. The van der Waals surface area contributed by atoms with Crippen LogP contribution in [0.2, 0.25) is 0 Å². The zero-order chi connectivity index (χ0) is 14.8. The third-order valence-corrected chi connectivity index (χ3v) is 3.72. The van der Waals surface area contributed by atoms with E-state index < -0.39 is 0 Å². The van der Waals surface area contributed by atoms with Crippen molar-refractivity contribution >= 4 is 17.5 Å². The molecule has 2 heterocycles. The lowest BCUT2D eigenvalue weighted by molar-refractivity contribution is -0.119. The normalized spacial score (nSPS) is 16.8. The minimum atomic E-state index is -0.134. The fraction of sp³-hybridized carbons (Fsp3) is 0.333. The number of fused-ring (bicyclic) bond motifs is 1. The number of carbonyl (C=O) groups excluding carboxylic acids is 1. The van der Waals surface area contributed by atoms with Gasteiger partial charge in [0.05, 0.1) is 17.3 Å². The van der Waals surface area contributed by atoms with E-state index in [4.69, 9.17) is 0 Å². The summed E-state index contributed by atoms with van der Waals surface area (Å²) in [5.41, 5.74) is 3.79. The highest BCUT2D eigenvalue weighted by molar-refractivity contribution is 5.92. The molecule has 0 saturated heterocycles. The molecule has 0 fully saturated rings. The fourth-order valence-electron chi connectivity index (χ4n) is 2.35. The van der Waals surface area contributed by atoms with Crippen LogP contribution in [0.3, 0.4) is 0 Å². The number of hydrogen-bond donors (Lipinski definition) is 2. The van der Waals surface area contributed by atoms with Crippen molar-refractivity contribution < 1.29 is 4.79 Å². The first-order chi connectivity index (χ1) is 10.1. The molecule has 0 saturated carbocycles. The second-order valence-electron chi connectivity index (χ2n) is 5.23. The van der Waals surface area contributed by atoms with Crippen molar-refractivity contribution in [3.63, 3.8) is 0 Å². The highest BCUT2D eigenvalue weighted by Gasteiger charge is 2.24. The van der Waals surface area contributed by atoms with Gasteiger partial charge in [-0.3, -0.25) is 10.1 Å². The van der Waals surface area contributed by atoms with Crippen molar-refractivity contribution in [2.24, 2.45) is 5.92 Å². The SMILES string of the molecule is Cc1nnc(NC(=O)C2CNc3ccccc3C2)nc1C. The highest BCUT2D eigenvalue weighted by atomic mass is 16.2. The molecule has 1 unspecified atom stereocenters. The number of benzene rings is 1. The number of nitrogens with one attached hydrogen (secondary N) is 2. The molecule has 1 atom stereocenters. The predicted octanol–water partition coefficient (Wildman–Crippen LogP) is 1.71. The van der Waals surface area contributed by atoms with Gasteiger partial charge in [-0.05, 0) is 31.9 Å². The number of aryl methyl sites for hydroxylation is 2. The lowest BCUT2D eigenvalue weighted by atomic mass is 9.93. The summed E-state index contributed by atoms with van der Waals surface area (Å²) < 4.78 is 0. The van der Waals surface area contributed by atoms with E-state index in [1.54, 1.807) is 0 Å².